The number of amides is 2. The van der Waals surface area contributed by atoms with Gasteiger partial charge in [0.15, 0.2) is 0 Å². The average Bonchev–Trinajstić information content (AvgIpc) is 2.36. The van der Waals surface area contributed by atoms with E-state index in [1.807, 2.05) is 4.90 Å². The van der Waals surface area contributed by atoms with Crippen molar-refractivity contribution < 1.29 is 9.59 Å². The molecule has 0 unspecified atom stereocenters. The van der Waals surface area contributed by atoms with Gasteiger partial charge in [0.2, 0.25) is 11.8 Å². The van der Waals surface area contributed by atoms with Crippen molar-refractivity contribution in [1.29, 1.82) is 0 Å². The van der Waals surface area contributed by atoms with Crippen molar-refractivity contribution in [2.24, 2.45) is 0 Å². The van der Waals surface area contributed by atoms with Crippen LogP contribution in [0.15, 0.2) is 25.3 Å². The first-order valence-electron chi connectivity index (χ1n) is 5.67. The van der Waals surface area contributed by atoms with Gasteiger partial charge in [-0.25, -0.2) is 0 Å². The lowest BCUT2D eigenvalue weighted by Crippen LogP contribution is -2.57. The predicted molar refractivity (Wildman–Crippen MR) is 65.7 cm³/mol. The smallest absolute Gasteiger partial charge is 0.248 e. The lowest BCUT2D eigenvalue weighted by atomic mass is 10.3. The first kappa shape index (κ1) is 13.4. The summed E-state index contributed by atoms with van der Waals surface area (Å²) in [7, 11) is 0. The van der Waals surface area contributed by atoms with Crippen molar-refractivity contribution >= 4 is 11.8 Å². The van der Waals surface area contributed by atoms with E-state index in [1.54, 1.807) is 9.80 Å². The molecule has 94 valence electrons. The molecule has 0 spiro atoms. The minimum absolute atomic E-state index is 0.160. The number of hydrogen-bond donors (Lipinski definition) is 0. The third-order valence-corrected chi connectivity index (χ3v) is 2.60. The quantitative estimate of drug-likeness (QED) is 0.673. The van der Waals surface area contributed by atoms with Crippen molar-refractivity contribution in [2.75, 3.05) is 26.6 Å². The van der Waals surface area contributed by atoms with E-state index in [0.29, 0.717) is 20.0 Å². The highest BCUT2D eigenvalue weighted by Crippen LogP contribution is 2.09. The second kappa shape index (κ2) is 6.20. The van der Waals surface area contributed by atoms with E-state index < -0.39 is 0 Å². The van der Waals surface area contributed by atoms with Gasteiger partial charge in [-0.3, -0.25) is 14.5 Å². The van der Waals surface area contributed by atoms with Crippen molar-refractivity contribution in [2.45, 2.75) is 13.3 Å². The van der Waals surface area contributed by atoms with E-state index >= 15 is 0 Å². The lowest BCUT2D eigenvalue weighted by molar-refractivity contribution is -0.146. The third kappa shape index (κ3) is 3.42. The molecule has 0 N–H and O–H groups in total. The minimum Gasteiger partial charge on any atom is -0.308 e. The molecule has 1 fully saturated rings. The van der Waals surface area contributed by atoms with Crippen LogP contribution in [0.25, 0.3) is 0 Å². The highest BCUT2D eigenvalue weighted by Gasteiger charge is 2.26. The number of carbonyl (C=O) groups is 2. The Morgan fingerprint density at radius 1 is 1.06 bits per heavy atom. The van der Waals surface area contributed by atoms with Gasteiger partial charge < -0.3 is 9.80 Å². The number of hydrogen-bond acceptors (Lipinski definition) is 3. The molecule has 0 aromatic heterocycles. The molecule has 0 radical (unpaired) electrons. The molecule has 0 aromatic carbocycles. The standard InChI is InChI=1S/C12H19N3O2/c1-4-7-13-8-14(11(16)5-2)10-15(9-13)12(17)6-3/h5-6H,2-4,7-10H2,1H3. The highest BCUT2D eigenvalue weighted by molar-refractivity contribution is 5.89. The summed E-state index contributed by atoms with van der Waals surface area (Å²) in [5.74, 6) is -0.319. The second-order valence-electron chi connectivity index (χ2n) is 3.98. The van der Waals surface area contributed by atoms with Crippen LogP contribution < -0.4 is 0 Å². The van der Waals surface area contributed by atoms with Crippen LogP contribution in [0.2, 0.25) is 0 Å². The maximum atomic E-state index is 11.6. The SMILES string of the molecule is C=CC(=O)N1CN(CCC)CN(C(=O)C=C)C1. The monoisotopic (exact) mass is 237 g/mol. The second-order valence-corrected chi connectivity index (χ2v) is 3.98. The van der Waals surface area contributed by atoms with Gasteiger partial charge in [0, 0.05) is 6.54 Å². The largest absolute Gasteiger partial charge is 0.308 e. The zero-order chi connectivity index (χ0) is 12.8. The summed E-state index contributed by atoms with van der Waals surface area (Å²) < 4.78 is 0. The van der Waals surface area contributed by atoms with Crippen molar-refractivity contribution in [3.63, 3.8) is 0 Å². The Kier molecular flexibility index (Phi) is 4.90. The van der Waals surface area contributed by atoms with Gasteiger partial charge in [-0.05, 0) is 18.6 Å². The summed E-state index contributed by atoms with van der Waals surface area (Å²) in [6.45, 7) is 11.2. The number of rotatable bonds is 4. The first-order valence-corrected chi connectivity index (χ1v) is 5.67. The molecule has 1 rings (SSSR count). The molecule has 0 saturated carbocycles. The minimum atomic E-state index is -0.160. The number of nitrogens with zero attached hydrogens (tertiary/aromatic N) is 3. The zero-order valence-corrected chi connectivity index (χ0v) is 10.3. The molecular weight excluding hydrogens is 218 g/mol. The van der Waals surface area contributed by atoms with Crippen LogP contribution in [0.1, 0.15) is 13.3 Å². The topological polar surface area (TPSA) is 43.9 Å². The van der Waals surface area contributed by atoms with Crippen LogP contribution >= 0.6 is 0 Å². The summed E-state index contributed by atoms with van der Waals surface area (Å²) >= 11 is 0. The molecule has 0 atom stereocenters. The molecule has 17 heavy (non-hydrogen) atoms. The van der Waals surface area contributed by atoms with Crippen molar-refractivity contribution in [3.05, 3.63) is 25.3 Å². The number of carbonyl (C=O) groups excluding carboxylic acids is 2. The average molecular weight is 237 g/mol. The molecule has 0 bridgehead atoms. The summed E-state index contributed by atoms with van der Waals surface area (Å²) in [6.07, 6.45) is 3.52. The molecular formula is C12H19N3O2. The molecule has 0 aliphatic carbocycles. The Balaban J connectivity index is 2.75. The van der Waals surface area contributed by atoms with Gasteiger partial charge in [0.05, 0.1) is 20.0 Å². The van der Waals surface area contributed by atoms with Crippen LogP contribution in [-0.4, -0.2) is 53.1 Å². The first-order chi connectivity index (χ1) is 8.12. The van der Waals surface area contributed by atoms with E-state index in [0.717, 1.165) is 13.0 Å². The third-order valence-electron chi connectivity index (χ3n) is 2.60. The van der Waals surface area contributed by atoms with Gasteiger partial charge >= 0.3 is 0 Å². The lowest BCUT2D eigenvalue weighted by Gasteiger charge is -2.41. The van der Waals surface area contributed by atoms with Gasteiger partial charge in [-0.15, -0.1) is 0 Å². The fourth-order valence-corrected chi connectivity index (χ4v) is 1.82. The summed E-state index contributed by atoms with van der Waals surface area (Å²) in [5.41, 5.74) is 0. The summed E-state index contributed by atoms with van der Waals surface area (Å²) in [6, 6.07) is 0. The predicted octanol–water partition coefficient (Wildman–Crippen LogP) is 0.614. The molecule has 5 nitrogen and oxygen atoms in total. The van der Waals surface area contributed by atoms with Crippen LogP contribution in [0.3, 0.4) is 0 Å². The Hall–Kier alpha value is -1.62. The molecule has 1 heterocycles. The van der Waals surface area contributed by atoms with Crippen LogP contribution in [0, 0.1) is 0 Å². The molecule has 5 heteroatoms. The highest BCUT2D eigenvalue weighted by atomic mass is 16.2. The molecule has 2 amide bonds. The van der Waals surface area contributed by atoms with Gasteiger partial charge in [-0.1, -0.05) is 20.1 Å². The molecule has 1 saturated heterocycles. The van der Waals surface area contributed by atoms with Gasteiger partial charge in [-0.2, -0.15) is 0 Å². The van der Waals surface area contributed by atoms with Crippen LogP contribution in [0.4, 0.5) is 0 Å². The van der Waals surface area contributed by atoms with Crippen molar-refractivity contribution in [1.82, 2.24) is 14.7 Å². The maximum absolute atomic E-state index is 11.6. The Labute approximate surface area is 102 Å². The molecule has 0 aromatic rings. The zero-order valence-electron chi connectivity index (χ0n) is 10.3. The van der Waals surface area contributed by atoms with Crippen LogP contribution in [0.5, 0.6) is 0 Å². The Bertz CT molecular complexity index is 300. The normalized spacial score (nSPS) is 16.8. The molecule has 1 aliphatic rings. The maximum Gasteiger partial charge on any atom is 0.248 e. The van der Waals surface area contributed by atoms with E-state index in [9.17, 15) is 9.59 Å². The molecule has 1 aliphatic heterocycles. The Morgan fingerprint density at radius 2 is 1.53 bits per heavy atom. The fourth-order valence-electron chi connectivity index (χ4n) is 1.82. The summed E-state index contributed by atoms with van der Waals surface area (Å²) in [5, 5.41) is 0. The van der Waals surface area contributed by atoms with Crippen molar-refractivity contribution in [3.8, 4) is 0 Å². The van der Waals surface area contributed by atoms with E-state index in [4.69, 9.17) is 0 Å². The van der Waals surface area contributed by atoms with Gasteiger partial charge in [0.1, 0.15) is 0 Å². The van der Waals surface area contributed by atoms with Crippen LogP contribution in [-0.2, 0) is 9.59 Å². The summed E-state index contributed by atoms with van der Waals surface area (Å²) in [4.78, 5) is 28.4. The fraction of sp³-hybridized carbons (Fsp3) is 0.500. The van der Waals surface area contributed by atoms with Gasteiger partial charge in [0.25, 0.3) is 0 Å². The van der Waals surface area contributed by atoms with E-state index in [-0.39, 0.29) is 11.8 Å². The van der Waals surface area contributed by atoms with E-state index in [1.165, 1.54) is 12.2 Å². The Morgan fingerprint density at radius 3 is 1.88 bits per heavy atom. The van der Waals surface area contributed by atoms with E-state index in [2.05, 4.69) is 20.1 Å².